The molecule has 0 atom stereocenters. The Bertz CT molecular complexity index is 385. The van der Waals surface area contributed by atoms with E-state index in [9.17, 15) is 4.79 Å². The summed E-state index contributed by atoms with van der Waals surface area (Å²) in [6.45, 7) is 0.459. The third-order valence-electron chi connectivity index (χ3n) is 2.45. The van der Waals surface area contributed by atoms with E-state index in [4.69, 9.17) is 27.9 Å². The fourth-order valence-corrected chi connectivity index (χ4v) is 1.85. The zero-order chi connectivity index (χ0) is 11.5. The minimum Gasteiger partial charge on any atom is -0.462 e. The predicted molar refractivity (Wildman–Crippen MR) is 61.9 cm³/mol. The Balaban J connectivity index is 1.91. The van der Waals surface area contributed by atoms with Crippen LogP contribution in [0.3, 0.4) is 0 Å². The van der Waals surface area contributed by atoms with Crippen molar-refractivity contribution >= 4 is 29.2 Å². The van der Waals surface area contributed by atoms with Crippen LogP contribution in [0.4, 0.5) is 0 Å². The molecular formula is C11H11Cl2NO2. The van der Waals surface area contributed by atoms with Crippen molar-refractivity contribution in [2.75, 3.05) is 6.61 Å². The first-order valence-corrected chi connectivity index (χ1v) is 5.91. The molecule has 0 N–H and O–H groups in total. The highest BCUT2D eigenvalue weighted by atomic mass is 35.5. The van der Waals surface area contributed by atoms with Crippen molar-refractivity contribution in [3.63, 3.8) is 0 Å². The molecule has 1 aliphatic rings. The van der Waals surface area contributed by atoms with Crippen LogP contribution in [0.5, 0.6) is 0 Å². The lowest BCUT2D eigenvalue weighted by atomic mass is 10.3. The van der Waals surface area contributed by atoms with Crippen LogP contribution in [0.2, 0.25) is 10.3 Å². The van der Waals surface area contributed by atoms with Crippen LogP contribution in [0.25, 0.3) is 0 Å². The number of hydrogen-bond acceptors (Lipinski definition) is 3. The molecule has 0 amide bonds. The fraction of sp³-hybridized carbons (Fsp3) is 0.455. The molecule has 1 heterocycles. The minimum atomic E-state index is -0.396. The topological polar surface area (TPSA) is 39.2 Å². The summed E-state index contributed by atoms with van der Waals surface area (Å²) in [6.07, 6.45) is 3.45. The van der Waals surface area contributed by atoms with E-state index in [0.717, 1.165) is 12.3 Å². The second-order valence-corrected chi connectivity index (χ2v) is 4.64. The van der Waals surface area contributed by atoms with Gasteiger partial charge in [0.2, 0.25) is 0 Å². The maximum Gasteiger partial charge on any atom is 0.338 e. The van der Waals surface area contributed by atoms with E-state index < -0.39 is 5.97 Å². The van der Waals surface area contributed by atoms with Gasteiger partial charge in [0.15, 0.2) is 0 Å². The lowest BCUT2D eigenvalue weighted by Gasteiger charge is -2.04. The summed E-state index contributed by atoms with van der Waals surface area (Å²) in [6, 6.07) is 2.90. The number of halogens is 2. The van der Waals surface area contributed by atoms with E-state index in [2.05, 4.69) is 4.98 Å². The molecule has 1 aliphatic carbocycles. The molecular weight excluding hydrogens is 249 g/mol. The summed E-state index contributed by atoms with van der Waals surface area (Å²) in [5.74, 6) is 0.351. The lowest BCUT2D eigenvalue weighted by Crippen LogP contribution is -2.07. The summed E-state index contributed by atoms with van der Waals surface area (Å²) in [4.78, 5) is 15.3. The summed E-state index contributed by atoms with van der Waals surface area (Å²) < 4.78 is 5.10. The Morgan fingerprint density at radius 1 is 1.38 bits per heavy atom. The first kappa shape index (κ1) is 11.7. The van der Waals surface area contributed by atoms with Crippen molar-refractivity contribution in [3.05, 3.63) is 28.0 Å². The molecule has 0 spiro atoms. The molecule has 0 aromatic carbocycles. The molecule has 1 fully saturated rings. The maximum atomic E-state index is 11.6. The minimum absolute atomic E-state index is 0.196. The number of ether oxygens (including phenoxy) is 1. The summed E-state index contributed by atoms with van der Waals surface area (Å²) >= 11 is 11.4. The smallest absolute Gasteiger partial charge is 0.338 e. The number of rotatable bonds is 4. The van der Waals surface area contributed by atoms with Gasteiger partial charge in [0.25, 0.3) is 0 Å². The number of esters is 1. The van der Waals surface area contributed by atoms with Crippen molar-refractivity contribution < 1.29 is 9.53 Å². The predicted octanol–water partition coefficient (Wildman–Crippen LogP) is 3.35. The average Bonchev–Trinajstić information content (AvgIpc) is 3.00. The standard InChI is InChI=1S/C11H11Cl2NO2/c12-9-5-8(6-10(13)14-9)11(15)16-4-3-7-1-2-7/h5-7H,1-4H2. The molecule has 1 aromatic heterocycles. The highest BCUT2D eigenvalue weighted by Crippen LogP contribution is 2.32. The highest BCUT2D eigenvalue weighted by Gasteiger charge is 2.21. The van der Waals surface area contributed by atoms with Crippen molar-refractivity contribution in [3.8, 4) is 0 Å². The van der Waals surface area contributed by atoms with Crippen LogP contribution in [-0.2, 0) is 4.74 Å². The molecule has 2 rings (SSSR count). The van der Waals surface area contributed by atoms with Crippen molar-refractivity contribution in [1.82, 2.24) is 4.98 Å². The maximum absolute atomic E-state index is 11.6. The van der Waals surface area contributed by atoms with E-state index in [-0.39, 0.29) is 10.3 Å². The molecule has 5 heteroatoms. The van der Waals surface area contributed by atoms with Crippen molar-refractivity contribution in [1.29, 1.82) is 0 Å². The summed E-state index contributed by atoms with van der Waals surface area (Å²) in [7, 11) is 0. The van der Waals surface area contributed by atoms with Gasteiger partial charge in [-0.25, -0.2) is 9.78 Å². The number of pyridine rings is 1. The van der Waals surface area contributed by atoms with Gasteiger partial charge in [-0.2, -0.15) is 0 Å². The number of aromatic nitrogens is 1. The Hall–Kier alpha value is -0.800. The van der Waals surface area contributed by atoms with Gasteiger partial charge in [-0.3, -0.25) is 0 Å². The largest absolute Gasteiger partial charge is 0.462 e. The van der Waals surface area contributed by atoms with Crippen molar-refractivity contribution in [2.24, 2.45) is 5.92 Å². The zero-order valence-electron chi connectivity index (χ0n) is 8.58. The van der Waals surface area contributed by atoms with Crippen LogP contribution < -0.4 is 0 Å². The SMILES string of the molecule is O=C(OCCC1CC1)c1cc(Cl)nc(Cl)c1. The molecule has 0 unspecified atom stereocenters. The number of hydrogen-bond donors (Lipinski definition) is 0. The van der Waals surface area contributed by atoms with Crippen LogP contribution in [0.15, 0.2) is 12.1 Å². The van der Waals surface area contributed by atoms with Crippen LogP contribution in [-0.4, -0.2) is 17.6 Å². The molecule has 1 aromatic rings. The monoisotopic (exact) mass is 259 g/mol. The third-order valence-corrected chi connectivity index (χ3v) is 2.84. The summed E-state index contributed by atoms with van der Waals surface area (Å²) in [5.41, 5.74) is 0.348. The first-order valence-electron chi connectivity index (χ1n) is 5.15. The normalized spacial score (nSPS) is 14.9. The number of carbonyl (C=O) groups is 1. The Kier molecular flexibility index (Phi) is 3.66. The van der Waals surface area contributed by atoms with Gasteiger partial charge in [-0.05, 0) is 24.5 Å². The Morgan fingerprint density at radius 2 is 2.00 bits per heavy atom. The summed E-state index contributed by atoms with van der Waals surface area (Å²) in [5, 5.41) is 0.392. The van der Waals surface area contributed by atoms with Crippen LogP contribution in [0, 0.1) is 5.92 Å². The van der Waals surface area contributed by atoms with E-state index in [1.54, 1.807) is 0 Å². The molecule has 0 radical (unpaired) electrons. The van der Waals surface area contributed by atoms with Gasteiger partial charge < -0.3 is 4.74 Å². The molecule has 0 saturated heterocycles. The van der Waals surface area contributed by atoms with Gasteiger partial charge in [0.05, 0.1) is 12.2 Å². The second-order valence-electron chi connectivity index (χ2n) is 3.87. The zero-order valence-corrected chi connectivity index (χ0v) is 10.1. The van der Waals surface area contributed by atoms with Crippen LogP contribution in [0.1, 0.15) is 29.6 Å². The average molecular weight is 260 g/mol. The molecule has 86 valence electrons. The number of carbonyl (C=O) groups excluding carboxylic acids is 1. The quantitative estimate of drug-likeness (QED) is 0.615. The Morgan fingerprint density at radius 3 is 2.56 bits per heavy atom. The third kappa shape index (κ3) is 3.35. The van der Waals surface area contributed by atoms with E-state index >= 15 is 0 Å². The number of nitrogens with zero attached hydrogens (tertiary/aromatic N) is 1. The van der Waals surface area contributed by atoms with Crippen LogP contribution >= 0.6 is 23.2 Å². The highest BCUT2D eigenvalue weighted by molar-refractivity contribution is 6.32. The molecule has 1 saturated carbocycles. The second kappa shape index (κ2) is 5.02. The Labute approximate surface area is 104 Å². The van der Waals surface area contributed by atoms with Gasteiger partial charge in [-0.15, -0.1) is 0 Å². The van der Waals surface area contributed by atoms with Crippen molar-refractivity contribution in [2.45, 2.75) is 19.3 Å². The fourth-order valence-electron chi connectivity index (χ4n) is 1.39. The first-order chi connectivity index (χ1) is 7.65. The van der Waals surface area contributed by atoms with E-state index in [0.29, 0.717) is 12.2 Å². The van der Waals surface area contributed by atoms with Gasteiger partial charge >= 0.3 is 5.97 Å². The molecule has 0 bridgehead atoms. The lowest BCUT2D eigenvalue weighted by molar-refractivity contribution is 0.0495. The van der Waals surface area contributed by atoms with Gasteiger partial charge in [0, 0.05) is 0 Å². The molecule has 3 nitrogen and oxygen atoms in total. The molecule has 16 heavy (non-hydrogen) atoms. The van der Waals surface area contributed by atoms with E-state index in [1.165, 1.54) is 25.0 Å². The van der Waals surface area contributed by atoms with Gasteiger partial charge in [0.1, 0.15) is 10.3 Å². The van der Waals surface area contributed by atoms with E-state index in [1.807, 2.05) is 0 Å². The van der Waals surface area contributed by atoms with Gasteiger partial charge in [-0.1, -0.05) is 36.0 Å². The molecule has 0 aliphatic heterocycles.